The first-order valence-electron chi connectivity index (χ1n) is 11.9. The van der Waals surface area contributed by atoms with Crippen molar-refractivity contribution in [2.45, 2.75) is 147 Å². The van der Waals surface area contributed by atoms with Crippen LogP contribution >= 0.6 is 0 Å². The van der Waals surface area contributed by atoms with Crippen molar-refractivity contribution in [3.63, 3.8) is 0 Å². The number of halogens is 3. The molecule has 2 aliphatic rings. The van der Waals surface area contributed by atoms with E-state index in [0.717, 1.165) is 83.5 Å². The van der Waals surface area contributed by atoms with Crippen LogP contribution in [0.25, 0.3) is 0 Å². The van der Waals surface area contributed by atoms with Crippen LogP contribution in [0.4, 0.5) is 13.2 Å². The molecule has 2 nitrogen and oxygen atoms in total. The molecule has 0 bridgehead atoms. The van der Waals surface area contributed by atoms with Crippen molar-refractivity contribution in [1.82, 2.24) is 0 Å². The molecule has 2 aliphatic carbocycles. The molecule has 0 spiro atoms. The lowest BCUT2D eigenvalue weighted by Crippen LogP contribution is -2.54. The molecule has 0 atom stereocenters. The molecule has 2 rings (SSSR count). The van der Waals surface area contributed by atoms with E-state index in [0.29, 0.717) is 6.42 Å². The maximum atomic E-state index is 14.3. The van der Waals surface area contributed by atoms with E-state index in [1.54, 1.807) is 0 Å². The molecular formula is C23H41F3O2. The SMILES string of the molecule is CCCCCCCCCC(OC1CCCCC1)(OC1CCCCC1)C(F)(F)F. The number of rotatable bonds is 12. The van der Waals surface area contributed by atoms with E-state index in [2.05, 4.69) is 6.92 Å². The van der Waals surface area contributed by atoms with E-state index >= 15 is 0 Å². The van der Waals surface area contributed by atoms with Gasteiger partial charge < -0.3 is 9.47 Å². The molecule has 0 aromatic carbocycles. The Balaban J connectivity index is 1.99. The summed E-state index contributed by atoms with van der Waals surface area (Å²) in [5, 5.41) is 0. The molecule has 0 N–H and O–H groups in total. The summed E-state index contributed by atoms with van der Waals surface area (Å²) >= 11 is 0. The van der Waals surface area contributed by atoms with Crippen LogP contribution in [-0.4, -0.2) is 24.2 Å². The van der Waals surface area contributed by atoms with Crippen LogP contribution in [0.15, 0.2) is 0 Å². The van der Waals surface area contributed by atoms with Gasteiger partial charge in [-0.25, -0.2) is 0 Å². The van der Waals surface area contributed by atoms with Gasteiger partial charge in [0.25, 0.3) is 5.79 Å². The van der Waals surface area contributed by atoms with E-state index in [9.17, 15) is 13.2 Å². The van der Waals surface area contributed by atoms with Gasteiger partial charge in [0.05, 0.1) is 12.2 Å². The Kier molecular flexibility index (Phi) is 10.6. The molecular weight excluding hydrogens is 365 g/mol. The molecule has 0 unspecified atom stereocenters. The van der Waals surface area contributed by atoms with Crippen LogP contribution in [0.1, 0.15) is 122 Å². The second kappa shape index (κ2) is 12.4. The normalized spacial score (nSPS) is 20.6. The van der Waals surface area contributed by atoms with Gasteiger partial charge in [0, 0.05) is 6.42 Å². The number of hydrogen-bond acceptors (Lipinski definition) is 2. The first kappa shape index (κ1) is 24.0. The van der Waals surface area contributed by atoms with Crippen molar-refractivity contribution in [2.24, 2.45) is 0 Å². The molecule has 2 saturated carbocycles. The summed E-state index contributed by atoms with van der Waals surface area (Å²) in [7, 11) is 0. The third kappa shape index (κ3) is 7.85. The minimum Gasteiger partial charge on any atom is -0.339 e. The fourth-order valence-corrected chi connectivity index (χ4v) is 4.64. The van der Waals surface area contributed by atoms with Gasteiger partial charge in [-0.1, -0.05) is 84.0 Å². The average molecular weight is 407 g/mol. The van der Waals surface area contributed by atoms with E-state index in [1.807, 2.05) is 0 Å². The van der Waals surface area contributed by atoms with Crippen LogP contribution < -0.4 is 0 Å². The van der Waals surface area contributed by atoms with Gasteiger partial charge in [-0.2, -0.15) is 13.2 Å². The maximum Gasteiger partial charge on any atom is 0.443 e. The zero-order valence-electron chi connectivity index (χ0n) is 17.8. The topological polar surface area (TPSA) is 18.5 Å². The lowest BCUT2D eigenvalue weighted by molar-refractivity contribution is -0.407. The first-order chi connectivity index (χ1) is 13.5. The number of hydrogen-bond donors (Lipinski definition) is 0. The van der Waals surface area contributed by atoms with Crippen LogP contribution in [-0.2, 0) is 9.47 Å². The summed E-state index contributed by atoms with van der Waals surface area (Å²) in [6.07, 6.45) is 10.8. The van der Waals surface area contributed by atoms with Gasteiger partial charge in [0.1, 0.15) is 0 Å². The largest absolute Gasteiger partial charge is 0.443 e. The number of ether oxygens (including phenoxy) is 2. The predicted octanol–water partition coefficient (Wildman–Crippen LogP) is 8.08. The molecule has 0 amide bonds. The van der Waals surface area contributed by atoms with Crippen LogP contribution in [0, 0.1) is 0 Å². The van der Waals surface area contributed by atoms with Gasteiger partial charge in [-0.15, -0.1) is 0 Å². The van der Waals surface area contributed by atoms with Gasteiger partial charge >= 0.3 is 6.18 Å². The van der Waals surface area contributed by atoms with Gasteiger partial charge in [0.15, 0.2) is 0 Å². The Morgan fingerprint density at radius 1 is 0.643 bits per heavy atom. The highest BCUT2D eigenvalue weighted by Gasteiger charge is 2.59. The smallest absolute Gasteiger partial charge is 0.339 e. The molecule has 0 aromatic heterocycles. The van der Waals surface area contributed by atoms with Crippen molar-refractivity contribution in [2.75, 3.05) is 0 Å². The summed E-state index contributed by atoms with van der Waals surface area (Å²) in [5.74, 6) is -2.40. The van der Waals surface area contributed by atoms with Crippen LogP contribution in [0.2, 0.25) is 0 Å². The molecule has 0 saturated heterocycles. The van der Waals surface area contributed by atoms with Gasteiger partial charge in [0.2, 0.25) is 0 Å². The molecule has 5 heteroatoms. The zero-order valence-corrected chi connectivity index (χ0v) is 17.8. The maximum absolute atomic E-state index is 14.3. The monoisotopic (exact) mass is 406 g/mol. The van der Waals surface area contributed by atoms with Crippen molar-refractivity contribution in [3.05, 3.63) is 0 Å². The highest BCUT2D eigenvalue weighted by atomic mass is 19.4. The quantitative estimate of drug-likeness (QED) is 0.241. The first-order valence-corrected chi connectivity index (χ1v) is 11.9. The van der Waals surface area contributed by atoms with E-state index in [1.165, 1.54) is 19.3 Å². The van der Waals surface area contributed by atoms with Gasteiger partial charge in [-0.3, -0.25) is 0 Å². The summed E-state index contributed by atoms with van der Waals surface area (Å²) < 4.78 is 54.6. The third-order valence-corrected chi connectivity index (χ3v) is 6.36. The summed E-state index contributed by atoms with van der Waals surface area (Å²) in [6, 6.07) is 0. The molecule has 0 radical (unpaired) electrons. The Bertz CT molecular complexity index is 379. The Labute approximate surface area is 169 Å². The summed E-state index contributed by atoms with van der Waals surface area (Å²) in [5.41, 5.74) is 0. The van der Waals surface area contributed by atoms with Gasteiger partial charge in [-0.05, 0) is 32.1 Å². The summed E-state index contributed by atoms with van der Waals surface area (Å²) in [4.78, 5) is 0. The van der Waals surface area contributed by atoms with Crippen LogP contribution in [0.3, 0.4) is 0 Å². The third-order valence-electron chi connectivity index (χ3n) is 6.36. The van der Waals surface area contributed by atoms with E-state index in [4.69, 9.17) is 9.47 Å². The lowest BCUT2D eigenvalue weighted by Gasteiger charge is -2.42. The molecule has 0 heterocycles. The molecule has 0 aromatic rings. The molecule has 2 fully saturated rings. The second-order valence-electron chi connectivity index (χ2n) is 8.88. The number of alkyl halides is 3. The lowest BCUT2D eigenvalue weighted by atomic mass is 9.95. The average Bonchev–Trinajstić information content (AvgIpc) is 2.68. The minimum absolute atomic E-state index is 0.0583. The second-order valence-corrected chi connectivity index (χ2v) is 8.88. The van der Waals surface area contributed by atoms with E-state index < -0.39 is 12.0 Å². The standard InChI is InChI=1S/C23H41F3O2/c1-2-3-4-5-6-7-14-19-22(23(24,25)26,27-20-15-10-8-11-16-20)28-21-17-12-9-13-18-21/h20-21H,2-19H2,1H3. The fraction of sp³-hybridized carbons (Fsp3) is 1.00. The zero-order chi connectivity index (χ0) is 20.3. The van der Waals surface area contributed by atoms with Crippen molar-refractivity contribution in [1.29, 1.82) is 0 Å². The minimum atomic E-state index is -4.48. The molecule has 28 heavy (non-hydrogen) atoms. The van der Waals surface area contributed by atoms with Crippen LogP contribution in [0.5, 0.6) is 0 Å². The van der Waals surface area contributed by atoms with Crippen molar-refractivity contribution in [3.8, 4) is 0 Å². The predicted molar refractivity (Wildman–Crippen MR) is 107 cm³/mol. The fourth-order valence-electron chi connectivity index (χ4n) is 4.64. The molecule has 0 aliphatic heterocycles. The highest BCUT2D eigenvalue weighted by Crippen LogP contribution is 2.44. The summed E-state index contributed by atoms with van der Waals surface area (Å²) in [6.45, 7) is 2.17. The Hall–Kier alpha value is -0.290. The number of unbranched alkanes of at least 4 members (excludes halogenated alkanes) is 6. The Morgan fingerprint density at radius 2 is 1.07 bits per heavy atom. The highest BCUT2D eigenvalue weighted by molar-refractivity contribution is 4.85. The van der Waals surface area contributed by atoms with E-state index in [-0.39, 0.29) is 18.6 Å². The Morgan fingerprint density at radius 3 is 1.50 bits per heavy atom. The van der Waals surface area contributed by atoms with Crippen molar-refractivity contribution >= 4 is 0 Å². The van der Waals surface area contributed by atoms with Crippen molar-refractivity contribution < 1.29 is 22.6 Å². The molecule has 166 valence electrons.